The summed E-state index contributed by atoms with van der Waals surface area (Å²) >= 11 is 0. The van der Waals surface area contributed by atoms with Gasteiger partial charge in [0.15, 0.2) is 0 Å². The molecule has 0 N–H and O–H groups in total. The molecule has 0 heterocycles. The second-order valence-corrected chi connectivity index (χ2v) is 2.32. The molecule has 1 radical (unpaired) electrons. The maximum absolute atomic E-state index is 5.01. The van der Waals surface area contributed by atoms with E-state index in [9.17, 15) is 0 Å². The lowest BCUT2D eigenvalue weighted by molar-refractivity contribution is 0.0707. The van der Waals surface area contributed by atoms with Crippen molar-refractivity contribution in [2.24, 2.45) is 5.16 Å². The lowest BCUT2D eigenvalue weighted by Gasteiger charge is -2.03. The molecule has 0 aromatic heterocycles. The first-order valence-corrected chi connectivity index (χ1v) is 3.90. The van der Waals surface area contributed by atoms with Crippen LogP contribution in [0, 0.1) is 0 Å². The van der Waals surface area contributed by atoms with Gasteiger partial charge < -0.3 is 4.84 Å². The summed E-state index contributed by atoms with van der Waals surface area (Å²) in [6, 6.07) is 0. The lowest BCUT2D eigenvalue weighted by Crippen LogP contribution is -2.00. The van der Waals surface area contributed by atoms with Gasteiger partial charge in [0.1, 0.15) is 12.3 Å². The molecule has 0 saturated carbocycles. The van der Waals surface area contributed by atoms with Crippen molar-refractivity contribution in [1.82, 2.24) is 0 Å². The second-order valence-electron chi connectivity index (χ2n) is 2.32. The highest BCUT2D eigenvalue weighted by atomic mass is 16.6. The van der Waals surface area contributed by atoms with E-state index < -0.39 is 0 Å². The van der Waals surface area contributed by atoms with E-state index >= 15 is 0 Å². The molecule has 0 saturated heterocycles. The summed E-state index contributed by atoms with van der Waals surface area (Å²) in [5.74, 6) is 0. The van der Waals surface area contributed by atoms with E-state index in [0.717, 1.165) is 19.3 Å². The third kappa shape index (κ3) is 5.60. The molecule has 0 amide bonds. The summed E-state index contributed by atoms with van der Waals surface area (Å²) in [6.07, 6.45) is 5.99. The summed E-state index contributed by atoms with van der Waals surface area (Å²) in [7, 11) is 0. The molecule has 0 bridgehead atoms. The SMILES string of the molecule is CCC/[C]=N\OC(C)CC. The Bertz CT molecular complexity index is 91.3. The van der Waals surface area contributed by atoms with Gasteiger partial charge in [0.05, 0.1) is 0 Å². The van der Waals surface area contributed by atoms with Gasteiger partial charge in [-0.15, -0.1) is 0 Å². The molecule has 10 heavy (non-hydrogen) atoms. The van der Waals surface area contributed by atoms with Crippen LogP contribution in [0.1, 0.15) is 40.0 Å². The van der Waals surface area contributed by atoms with Gasteiger partial charge in [0, 0.05) is 0 Å². The summed E-state index contributed by atoms with van der Waals surface area (Å²) in [5.41, 5.74) is 0. The largest absolute Gasteiger partial charge is 0.393 e. The summed E-state index contributed by atoms with van der Waals surface area (Å²) in [6.45, 7) is 6.16. The quantitative estimate of drug-likeness (QED) is 0.427. The molecule has 1 unspecified atom stereocenters. The average Bonchev–Trinajstić information content (AvgIpc) is 1.98. The van der Waals surface area contributed by atoms with Gasteiger partial charge in [-0.2, -0.15) is 0 Å². The minimum atomic E-state index is 0.226. The predicted molar refractivity (Wildman–Crippen MR) is 43.2 cm³/mol. The number of rotatable bonds is 5. The van der Waals surface area contributed by atoms with Gasteiger partial charge in [0.2, 0.25) is 0 Å². The molecule has 0 aliphatic heterocycles. The Balaban J connectivity index is 3.16. The van der Waals surface area contributed by atoms with Crippen LogP contribution in [-0.4, -0.2) is 12.3 Å². The Morgan fingerprint density at radius 2 is 2.20 bits per heavy atom. The molecule has 59 valence electrons. The Labute approximate surface area is 63.3 Å². The zero-order valence-corrected chi connectivity index (χ0v) is 7.05. The highest BCUT2D eigenvalue weighted by Gasteiger charge is 1.93. The third-order valence-electron chi connectivity index (χ3n) is 1.23. The van der Waals surface area contributed by atoms with Crippen LogP contribution in [-0.2, 0) is 4.84 Å². The van der Waals surface area contributed by atoms with Crippen molar-refractivity contribution in [2.75, 3.05) is 0 Å². The molecular formula is C8H16NO. The van der Waals surface area contributed by atoms with Crippen molar-refractivity contribution in [3.63, 3.8) is 0 Å². The number of nitrogens with zero attached hydrogens (tertiary/aromatic N) is 1. The van der Waals surface area contributed by atoms with Gasteiger partial charge in [-0.25, -0.2) is 0 Å². The van der Waals surface area contributed by atoms with E-state index in [1.165, 1.54) is 0 Å². The molecule has 0 aromatic carbocycles. The zero-order chi connectivity index (χ0) is 7.82. The number of hydrogen-bond donors (Lipinski definition) is 0. The first-order chi connectivity index (χ1) is 4.81. The van der Waals surface area contributed by atoms with Crippen molar-refractivity contribution in [3.05, 3.63) is 0 Å². The van der Waals surface area contributed by atoms with E-state index in [-0.39, 0.29) is 6.10 Å². The molecule has 1 atom stereocenters. The van der Waals surface area contributed by atoms with Crippen LogP contribution in [0.3, 0.4) is 0 Å². The molecule has 2 heteroatoms. The highest BCUT2D eigenvalue weighted by molar-refractivity contribution is 5.55. The third-order valence-corrected chi connectivity index (χ3v) is 1.23. The van der Waals surface area contributed by atoms with Gasteiger partial charge >= 0.3 is 0 Å². The lowest BCUT2D eigenvalue weighted by atomic mass is 10.3. The van der Waals surface area contributed by atoms with Crippen LogP contribution >= 0.6 is 0 Å². The molecule has 0 fully saturated rings. The topological polar surface area (TPSA) is 21.6 Å². The van der Waals surface area contributed by atoms with Crippen LogP contribution in [0.5, 0.6) is 0 Å². The van der Waals surface area contributed by atoms with Gasteiger partial charge in [0.25, 0.3) is 0 Å². The Morgan fingerprint density at radius 3 is 2.70 bits per heavy atom. The molecule has 0 spiro atoms. The maximum atomic E-state index is 5.01. The van der Waals surface area contributed by atoms with Gasteiger partial charge in [-0.3, -0.25) is 0 Å². The molecule has 0 aromatic rings. The first kappa shape index (κ1) is 9.47. The fraction of sp³-hybridized carbons (Fsp3) is 0.875. The average molecular weight is 142 g/mol. The number of unbranched alkanes of at least 4 members (excludes halogenated alkanes) is 1. The fourth-order valence-corrected chi connectivity index (χ4v) is 0.359. The maximum Gasteiger partial charge on any atom is 0.124 e. The highest BCUT2D eigenvalue weighted by Crippen LogP contribution is 1.95. The van der Waals surface area contributed by atoms with Gasteiger partial charge in [-0.05, 0) is 19.8 Å². The summed E-state index contributed by atoms with van der Waals surface area (Å²) < 4.78 is 0. The standard InChI is InChI=1S/C8H16NO/c1-4-6-7-9-10-8(3)5-2/h8H,4-6H2,1-3H3. The number of hydrogen-bond acceptors (Lipinski definition) is 2. The van der Waals surface area contributed by atoms with Crippen molar-refractivity contribution in [3.8, 4) is 0 Å². The van der Waals surface area contributed by atoms with Crippen LogP contribution in [0.2, 0.25) is 0 Å². The van der Waals surface area contributed by atoms with Crippen molar-refractivity contribution < 1.29 is 4.84 Å². The molecule has 2 nitrogen and oxygen atoms in total. The van der Waals surface area contributed by atoms with E-state index in [1.54, 1.807) is 0 Å². The normalized spacial score (nSPS) is 13.9. The predicted octanol–water partition coefficient (Wildman–Crippen LogP) is 2.46. The van der Waals surface area contributed by atoms with Gasteiger partial charge in [-0.1, -0.05) is 25.4 Å². The van der Waals surface area contributed by atoms with Crippen LogP contribution in [0.15, 0.2) is 5.16 Å². The first-order valence-electron chi connectivity index (χ1n) is 3.90. The van der Waals surface area contributed by atoms with Crippen LogP contribution < -0.4 is 0 Å². The smallest absolute Gasteiger partial charge is 0.124 e. The van der Waals surface area contributed by atoms with Crippen molar-refractivity contribution >= 4 is 6.21 Å². The molecular weight excluding hydrogens is 126 g/mol. The van der Waals surface area contributed by atoms with E-state index in [0.29, 0.717) is 0 Å². The minimum Gasteiger partial charge on any atom is -0.393 e. The molecule has 0 aliphatic rings. The zero-order valence-electron chi connectivity index (χ0n) is 7.05. The van der Waals surface area contributed by atoms with Crippen molar-refractivity contribution in [2.45, 2.75) is 46.1 Å². The van der Waals surface area contributed by atoms with Crippen molar-refractivity contribution in [1.29, 1.82) is 0 Å². The summed E-state index contributed by atoms with van der Waals surface area (Å²) in [4.78, 5) is 5.01. The summed E-state index contributed by atoms with van der Waals surface area (Å²) in [5, 5.41) is 3.68. The molecule has 0 rings (SSSR count). The Kier molecular flexibility index (Phi) is 6.24. The van der Waals surface area contributed by atoms with E-state index in [4.69, 9.17) is 4.84 Å². The Morgan fingerprint density at radius 1 is 1.50 bits per heavy atom. The van der Waals surface area contributed by atoms with Crippen LogP contribution in [0.25, 0.3) is 0 Å². The minimum absolute atomic E-state index is 0.226. The van der Waals surface area contributed by atoms with E-state index in [1.807, 2.05) is 6.92 Å². The Hall–Kier alpha value is -0.530. The second kappa shape index (κ2) is 6.59. The van der Waals surface area contributed by atoms with Crippen LogP contribution in [0.4, 0.5) is 0 Å². The fourth-order valence-electron chi connectivity index (χ4n) is 0.359. The van der Waals surface area contributed by atoms with E-state index in [2.05, 4.69) is 25.2 Å². The molecule has 0 aliphatic carbocycles. The monoisotopic (exact) mass is 142 g/mol.